The molecule has 0 heterocycles. The van der Waals surface area contributed by atoms with Gasteiger partial charge in [0.05, 0.1) is 0 Å². The maximum Gasteiger partial charge on any atom is 0.243 e. The minimum Gasteiger partial charge on any atom is -0.347 e. The van der Waals surface area contributed by atoms with E-state index >= 15 is 0 Å². The molecule has 4 aliphatic carbocycles. The van der Waals surface area contributed by atoms with Crippen molar-refractivity contribution >= 4 is 5.91 Å². The highest BCUT2D eigenvalue weighted by molar-refractivity contribution is 5.87. The second kappa shape index (κ2) is 3.85. The molecule has 100 valence electrons. The monoisotopic (exact) mass is 247 g/mol. The van der Waals surface area contributed by atoms with Gasteiger partial charge in [-0.2, -0.15) is 0 Å². The number of nitrogens with one attached hydrogen (secondary N) is 1. The first-order valence-electron chi connectivity index (χ1n) is 7.42. The van der Waals surface area contributed by atoms with Crippen LogP contribution in [0, 0.1) is 23.2 Å². The van der Waals surface area contributed by atoms with E-state index in [1.54, 1.807) is 0 Å². The van der Waals surface area contributed by atoms with Gasteiger partial charge in [0.2, 0.25) is 5.91 Å². The third-order valence-corrected chi connectivity index (χ3v) is 5.90. The first-order valence-corrected chi connectivity index (χ1v) is 7.42. The predicted molar refractivity (Wildman–Crippen MR) is 73.0 cm³/mol. The molecule has 0 aromatic carbocycles. The van der Waals surface area contributed by atoms with Crippen LogP contribution in [0.2, 0.25) is 0 Å². The zero-order chi connectivity index (χ0) is 13.0. The molecule has 4 aliphatic rings. The van der Waals surface area contributed by atoms with Crippen LogP contribution in [0.5, 0.6) is 0 Å². The molecule has 1 N–H and O–H groups in total. The summed E-state index contributed by atoms with van der Waals surface area (Å²) in [5.41, 5.74) is 0.595. The Morgan fingerprint density at radius 1 is 1.28 bits per heavy atom. The molecule has 0 radical (unpaired) electrons. The summed E-state index contributed by atoms with van der Waals surface area (Å²) in [7, 11) is 0. The van der Waals surface area contributed by atoms with E-state index in [1.807, 2.05) is 0 Å². The van der Waals surface area contributed by atoms with E-state index in [1.165, 1.54) is 44.6 Å². The molecule has 0 aromatic heterocycles. The first-order chi connectivity index (χ1) is 8.47. The normalized spacial score (nSPS) is 45.3. The second-order valence-electron chi connectivity index (χ2n) is 7.45. The minimum atomic E-state index is 0.0239. The molecular weight excluding hydrogens is 222 g/mol. The molecule has 2 unspecified atom stereocenters. The van der Waals surface area contributed by atoms with Crippen LogP contribution in [0.4, 0.5) is 0 Å². The minimum absolute atomic E-state index is 0.0239. The van der Waals surface area contributed by atoms with Crippen molar-refractivity contribution in [3.63, 3.8) is 0 Å². The Morgan fingerprint density at radius 3 is 2.39 bits per heavy atom. The Kier molecular flexibility index (Phi) is 2.62. The van der Waals surface area contributed by atoms with Crippen LogP contribution in [-0.2, 0) is 4.79 Å². The number of hydrogen-bond donors (Lipinski definition) is 1. The van der Waals surface area contributed by atoms with Crippen LogP contribution in [0.1, 0.15) is 52.4 Å². The summed E-state index contributed by atoms with van der Waals surface area (Å²) in [4.78, 5) is 11.7. The van der Waals surface area contributed by atoms with E-state index in [0.717, 1.165) is 17.8 Å². The molecule has 18 heavy (non-hydrogen) atoms. The van der Waals surface area contributed by atoms with Crippen molar-refractivity contribution in [2.75, 3.05) is 0 Å². The Balaban J connectivity index is 1.89. The topological polar surface area (TPSA) is 29.1 Å². The first kappa shape index (κ1) is 12.3. The van der Waals surface area contributed by atoms with Gasteiger partial charge < -0.3 is 5.32 Å². The van der Waals surface area contributed by atoms with E-state index in [2.05, 4.69) is 25.7 Å². The summed E-state index contributed by atoms with van der Waals surface area (Å²) in [6.07, 6.45) is 9.24. The highest BCUT2D eigenvalue weighted by atomic mass is 16.1. The van der Waals surface area contributed by atoms with E-state index in [-0.39, 0.29) is 11.4 Å². The molecule has 2 nitrogen and oxygen atoms in total. The highest BCUT2D eigenvalue weighted by Gasteiger charge is 2.58. The fraction of sp³-hybridized carbons (Fsp3) is 0.812. The van der Waals surface area contributed by atoms with Crippen LogP contribution in [0.25, 0.3) is 0 Å². The van der Waals surface area contributed by atoms with Gasteiger partial charge in [0, 0.05) is 5.54 Å². The van der Waals surface area contributed by atoms with Crippen LogP contribution >= 0.6 is 0 Å². The number of carbonyl (C=O) groups excluding carboxylic acids is 1. The Bertz CT molecular complexity index is 371. The molecule has 2 atom stereocenters. The van der Waals surface area contributed by atoms with E-state index in [4.69, 9.17) is 0 Å². The average Bonchev–Trinajstić information content (AvgIpc) is 2.26. The molecule has 4 rings (SSSR count). The van der Waals surface area contributed by atoms with Crippen molar-refractivity contribution < 1.29 is 4.79 Å². The molecule has 4 fully saturated rings. The van der Waals surface area contributed by atoms with E-state index in [9.17, 15) is 4.79 Å². The largest absolute Gasteiger partial charge is 0.347 e. The van der Waals surface area contributed by atoms with Gasteiger partial charge in [-0.25, -0.2) is 0 Å². The van der Waals surface area contributed by atoms with Crippen molar-refractivity contribution in [3.05, 3.63) is 12.7 Å². The van der Waals surface area contributed by atoms with Gasteiger partial charge in [-0.1, -0.05) is 20.4 Å². The maximum absolute atomic E-state index is 11.7. The van der Waals surface area contributed by atoms with Crippen LogP contribution in [0.3, 0.4) is 0 Å². The summed E-state index contributed by atoms with van der Waals surface area (Å²) in [5.74, 6) is 2.46. The fourth-order valence-corrected chi connectivity index (χ4v) is 5.47. The van der Waals surface area contributed by atoms with Crippen molar-refractivity contribution in [2.24, 2.45) is 23.2 Å². The molecule has 2 heteroatoms. The predicted octanol–water partition coefficient (Wildman–Crippen LogP) is 3.28. The molecule has 0 aliphatic heterocycles. The summed E-state index contributed by atoms with van der Waals surface area (Å²) in [5, 5.41) is 3.30. The van der Waals surface area contributed by atoms with Gasteiger partial charge in [0.1, 0.15) is 0 Å². The van der Waals surface area contributed by atoms with Crippen molar-refractivity contribution in [2.45, 2.75) is 57.9 Å². The lowest BCUT2D eigenvalue weighted by molar-refractivity contribution is -0.131. The summed E-state index contributed by atoms with van der Waals surface area (Å²) in [6.45, 7) is 8.34. The fourth-order valence-electron chi connectivity index (χ4n) is 5.47. The smallest absolute Gasteiger partial charge is 0.243 e. The molecule has 0 spiro atoms. The quantitative estimate of drug-likeness (QED) is 0.762. The van der Waals surface area contributed by atoms with Crippen molar-refractivity contribution in [1.82, 2.24) is 5.32 Å². The lowest BCUT2D eigenvalue weighted by Crippen LogP contribution is -2.63. The van der Waals surface area contributed by atoms with Crippen LogP contribution in [0.15, 0.2) is 12.7 Å². The Morgan fingerprint density at radius 2 is 1.89 bits per heavy atom. The SMILES string of the molecule is C=CC(=O)NC12CC3CC(C1)CC(C(C)C)(C3)C2. The lowest BCUT2D eigenvalue weighted by Gasteiger charge is -2.63. The van der Waals surface area contributed by atoms with Crippen molar-refractivity contribution in [3.8, 4) is 0 Å². The Labute approximate surface area is 110 Å². The summed E-state index contributed by atoms with van der Waals surface area (Å²) < 4.78 is 0. The average molecular weight is 247 g/mol. The second-order valence-corrected chi connectivity index (χ2v) is 7.45. The summed E-state index contributed by atoms with van der Waals surface area (Å²) in [6, 6.07) is 0. The molecule has 4 bridgehead atoms. The lowest BCUT2D eigenvalue weighted by atomic mass is 9.44. The van der Waals surface area contributed by atoms with Gasteiger partial charge in [-0.15, -0.1) is 0 Å². The molecule has 1 amide bonds. The molecule has 4 saturated carbocycles. The third-order valence-electron chi connectivity index (χ3n) is 5.90. The van der Waals surface area contributed by atoms with E-state index < -0.39 is 0 Å². The van der Waals surface area contributed by atoms with Crippen LogP contribution < -0.4 is 5.32 Å². The van der Waals surface area contributed by atoms with Gasteiger partial charge in [-0.3, -0.25) is 4.79 Å². The highest BCUT2D eigenvalue weighted by Crippen LogP contribution is 2.64. The zero-order valence-electron chi connectivity index (χ0n) is 11.7. The number of amides is 1. The number of carbonyl (C=O) groups is 1. The molecular formula is C16H25NO. The van der Waals surface area contributed by atoms with Gasteiger partial charge in [0.25, 0.3) is 0 Å². The van der Waals surface area contributed by atoms with Gasteiger partial charge in [0.15, 0.2) is 0 Å². The Hall–Kier alpha value is -0.790. The molecule has 0 aromatic rings. The number of rotatable bonds is 3. The standard InChI is InChI=1S/C16H25NO/c1-4-14(18)17-16-8-12-5-13(9-16)7-15(6-12,10-16)11(2)3/h4,11-13H,1,5-10H2,2-3H3,(H,17,18). The van der Waals surface area contributed by atoms with Gasteiger partial charge in [-0.05, 0) is 67.8 Å². The molecule has 0 saturated heterocycles. The summed E-state index contributed by atoms with van der Waals surface area (Å²) >= 11 is 0. The zero-order valence-corrected chi connectivity index (χ0v) is 11.7. The third kappa shape index (κ3) is 1.72. The van der Waals surface area contributed by atoms with Gasteiger partial charge >= 0.3 is 0 Å². The van der Waals surface area contributed by atoms with Crippen molar-refractivity contribution in [1.29, 1.82) is 0 Å². The number of hydrogen-bond acceptors (Lipinski definition) is 1. The maximum atomic E-state index is 11.7. The van der Waals surface area contributed by atoms with Crippen LogP contribution in [-0.4, -0.2) is 11.4 Å². The van der Waals surface area contributed by atoms with E-state index in [0.29, 0.717) is 5.41 Å².